The molecule has 8 heteroatoms. The monoisotopic (exact) mass is 476 g/mol. The predicted molar refractivity (Wildman–Crippen MR) is 125 cm³/mol. The molecule has 2 aromatic rings. The third-order valence-electron chi connectivity index (χ3n) is 5.08. The molecule has 1 saturated heterocycles. The Balaban J connectivity index is 1.58. The SMILES string of the molecule is CCOC(=O)CN1CCN(C(=O)/C=C/c2cc(C)c(Sc3ccc(F)cc3)cc2Cl)CC1. The number of carbonyl (C=O) groups excluding carboxylic acids is 2. The van der Waals surface area contributed by atoms with Gasteiger partial charge in [0, 0.05) is 47.1 Å². The molecule has 3 rings (SSSR count). The number of aryl methyl sites for hydroxylation is 1. The summed E-state index contributed by atoms with van der Waals surface area (Å²) >= 11 is 7.97. The molecule has 1 aliphatic heterocycles. The minimum absolute atomic E-state index is 0.0840. The molecule has 1 heterocycles. The smallest absolute Gasteiger partial charge is 0.320 e. The van der Waals surface area contributed by atoms with Crippen LogP contribution in [0.1, 0.15) is 18.1 Å². The molecule has 0 aliphatic carbocycles. The summed E-state index contributed by atoms with van der Waals surface area (Å²) in [5, 5.41) is 0.545. The van der Waals surface area contributed by atoms with Crippen LogP contribution in [0.4, 0.5) is 4.39 Å². The summed E-state index contributed by atoms with van der Waals surface area (Å²) < 4.78 is 18.1. The summed E-state index contributed by atoms with van der Waals surface area (Å²) in [4.78, 5) is 29.8. The summed E-state index contributed by atoms with van der Waals surface area (Å²) in [5.74, 6) is -0.591. The second kappa shape index (κ2) is 11.5. The Kier molecular flexibility index (Phi) is 8.73. The Bertz CT molecular complexity index is 989. The number of halogens is 2. The average Bonchev–Trinajstić information content (AvgIpc) is 2.77. The van der Waals surface area contributed by atoms with Gasteiger partial charge in [-0.3, -0.25) is 14.5 Å². The molecule has 170 valence electrons. The quantitative estimate of drug-likeness (QED) is 0.429. The molecule has 1 fully saturated rings. The standard InChI is InChI=1S/C24H26ClFN2O3S/c1-3-31-24(30)16-27-10-12-28(13-11-27)23(29)9-4-18-14-17(2)22(15-21(18)25)32-20-7-5-19(26)6-8-20/h4-9,14-15H,3,10-13,16H2,1-2H3/b9-4+. The second-order valence-corrected chi connectivity index (χ2v) is 8.96. The maximum atomic E-state index is 13.1. The first-order valence-electron chi connectivity index (χ1n) is 10.4. The van der Waals surface area contributed by atoms with Gasteiger partial charge in [-0.2, -0.15) is 0 Å². The lowest BCUT2D eigenvalue weighted by Crippen LogP contribution is -2.49. The minimum Gasteiger partial charge on any atom is -0.465 e. The van der Waals surface area contributed by atoms with Gasteiger partial charge in [-0.05, 0) is 67.4 Å². The van der Waals surface area contributed by atoms with Gasteiger partial charge in [0.15, 0.2) is 0 Å². The van der Waals surface area contributed by atoms with Crippen LogP contribution in [0.25, 0.3) is 6.08 Å². The summed E-state index contributed by atoms with van der Waals surface area (Å²) in [6.07, 6.45) is 3.27. The van der Waals surface area contributed by atoms with E-state index in [0.29, 0.717) is 37.8 Å². The summed E-state index contributed by atoms with van der Waals surface area (Å²) in [6.45, 7) is 6.77. The summed E-state index contributed by atoms with van der Waals surface area (Å²) in [7, 11) is 0. The van der Waals surface area contributed by atoms with E-state index >= 15 is 0 Å². The van der Waals surface area contributed by atoms with E-state index in [-0.39, 0.29) is 24.2 Å². The first-order chi connectivity index (χ1) is 15.4. The molecule has 0 N–H and O–H groups in total. The van der Waals surface area contributed by atoms with Crippen LogP contribution in [0.5, 0.6) is 0 Å². The van der Waals surface area contributed by atoms with Crippen LogP contribution in [-0.4, -0.2) is 61.0 Å². The Hall–Kier alpha value is -2.35. The number of rotatable bonds is 7. The summed E-state index contributed by atoms with van der Waals surface area (Å²) in [5.41, 5.74) is 1.78. The lowest BCUT2D eigenvalue weighted by atomic mass is 10.1. The molecule has 0 radical (unpaired) electrons. The zero-order chi connectivity index (χ0) is 23.1. The van der Waals surface area contributed by atoms with Crippen molar-refractivity contribution in [3.05, 3.63) is 64.4 Å². The lowest BCUT2D eigenvalue weighted by Gasteiger charge is -2.33. The van der Waals surface area contributed by atoms with Gasteiger partial charge < -0.3 is 9.64 Å². The van der Waals surface area contributed by atoms with Crippen molar-refractivity contribution in [2.45, 2.75) is 23.6 Å². The third-order valence-corrected chi connectivity index (χ3v) is 6.58. The van der Waals surface area contributed by atoms with Gasteiger partial charge >= 0.3 is 5.97 Å². The highest BCUT2D eigenvalue weighted by Gasteiger charge is 2.21. The topological polar surface area (TPSA) is 49.9 Å². The van der Waals surface area contributed by atoms with Crippen molar-refractivity contribution in [1.82, 2.24) is 9.80 Å². The number of ether oxygens (including phenoxy) is 1. The molecule has 1 aliphatic rings. The van der Waals surface area contributed by atoms with E-state index in [1.54, 1.807) is 30.0 Å². The molecule has 0 atom stereocenters. The fourth-order valence-corrected chi connectivity index (χ4v) is 4.55. The van der Waals surface area contributed by atoms with Gasteiger partial charge in [-0.1, -0.05) is 23.4 Å². The normalized spacial score (nSPS) is 14.7. The van der Waals surface area contributed by atoms with E-state index in [1.807, 2.05) is 24.0 Å². The first-order valence-corrected chi connectivity index (χ1v) is 11.6. The highest BCUT2D eigenvalue weighted by atomic mass is 35.5. The summed E-state index contributed by atoms with van der Waals surface area (Å²) in [6, 6.07) is 10.1. The number of benzene rings is 2. The van der Waals surface area contributed by atoms with Gasteiger partial charge in [-0.15, -0.1) is 0 Å². The maximum Gasteiger partial charge on any atom is 0.320 e. The van der Waals surface area contributed by atoms with Crippen LogP contribution >= 0.6 is 23.4 Å². The molecule has 32 heavy (non-hydrogen) atoms. The number of hydrogen-bond donors (Lipinski definition) is 0. The molecule has 0 aromatic heterocycles. The highest BCUT2D eigenvalue weighted by Crippen LogP contribution is 2.34. The number of piperazine rings is 1. The number of nitrogens with zero attached hydrogens (tertiary/aromatic N) is 2. The molecule has 0 spiro atoms. The van der Waals surface area contributed by atoms with E-state index < -0.39 is 0 Å². The fourth-order valence-electron chi connectivity index (χ4n) is 3.33. The number of hydrogen-bond acceptors (Lipinski definition) is 5. The maximum absolute atomic E-state index is 13.1. The van der Waals surface area contributed by atoms with E-state index in [9.17, 15) is 14.0 Å². The number of carbonyl (C=O) groups is 2. The van der Waals surface area contributed by atoms with E-state index in [1.165, 1.54) is 30.0 Å². The van der Waals surface area contributed by atoms with Gasteiger partial charge in [-0.25, -0.2) is 4.39 Å². The Morgan fingerprint density at radius 3 is 2.50 bits per heavy atom. The van der Waals surface area contributed by atoms with Crippen molar-refractivity contribution in [3.63, 3.8) is 0 Å². The van der Waals surface area contributed by atoms with Crippen LogP contribution < -0.4 is 0 Å². The highest BCUT2D eigenvalue weighted by molar-refractivity contribution is 7.99. The molecule has 5 nitrogen and oxygen atoms in total. The second-order valence-electron chi connectivity index (χ2n) is 7.43. The Morgan fingerprint density at radius 1 is 1.16 bits per heavy atom. The lowest BCUT2D eigenvalue weighted by molar-refractivity contribution is -0.145. The first kappa shape index (κ1) is 24.3. The van der Waals surface area contributed by atoms with Gasteiger partial charge in [0.2, 0.25) is 5.91 Å². The van der Waals surface area contributed by atoms with E-state index in [4.69, 9.17) is 16.3 Å². The van der Waals surface area contributed by atoms with Crippen LogP contribution in [0.15, 0.2) is 52.3 Å². The molecule has 0 bridgehead atoms. The predicted octanol–water partition coefficient (Wildman–Crippen LogP) is 4.66. The number of esters is 1. The molecular weight excluding hydrogens is 451 g/mol. The van der Waals surface area contributed by atoms with Gasteiger partial charge in [0.05, 0.1) is 13.2 Å². The molecule has 1 amide bonds. The number of amides is 1. The largest absolute Gasteiger partial charge is 0.465 e. The van der Waals surface area contributed by atoms with Crippen LogP contribution in [0, 0.1) is 12.7 Å². The fraction of sp³-hybridized carbons (Fsp3) is 0.333. The van der Waals surface area contributed by atoms with Crippen molar-refractivity contribution in [2.75, 3.05) is 39.3 Å². The van der Waals surface area contributed by atoms with Crippen molar-refractivity contribution in [1.29, 1.82) is 0 Å². The minimum atomic E-state index is -0.269. The average molecular weight is 477 g/mol. The van der Waals surface area contributed by atoms with Crippen molar-refractivity contribution < 1.29 is 18.7 Å². The third kappa shape index (κ3) is 6.82. The Morgan fingerprint density at radius 2 is 1.84 bits per heavy atom. The van der Waals surface area contributed by atoms with Crippen molar-refractivity contribution >= 4 is 41.3 Å². The Labute approximate surface area is 197 Å². The van der Waals surface area contributed by atoms with E-state index in [2.05, 4.69) is 0 Å². The van der Waals surface area contributed by atoms with Crippen molar-refractivity contribution in [3.8, 4) is 0 Å². The molecule has 0 saturated carbocycles. The molecule has 0 unspecified atom stereocenters. The van der Waals surface area contributed by atoms with Gasteiger partial charge in [0.25, 0.3) is 0 Å². The van der Waals surface area contributed by atoms with Crippen LogP contribution in [-0.2, 0) is 14.3 Å². The molecule has 2 aromatic carbocycles. The van der Waals surface area contributed by atoms with Crippen LogP contribution in [0.2, 0.25) is 5.02 Å². The van der Waals surface area contributed by atoms with Gasteiger partial charge in [0.1, 0.15) is 5.82 Å². The van der Waals surface area contributed by atoms with Crippen molar-refractivity contribution in [2.24, 2.45) is 0 Å². The zero-order valence-electron chi connectivity index (χ0n) is 18.1. The molecular formula is C24H26ClFN2O3S. The van der Waals surface area contributed by atoms with E-state index in [0.717, 1.165) is 20.9 Å². The zero-order valence-corrected chi connectivity index (χ0v) is 19.7. The van der Waals surface area contributed by atoms with Crippen LogP contribution in [0.3, 0.4) is 0 Å².